The number of amides is 2. The van der Waals surface area contributed by atoms with Crippen LogP contribution in [0.3, 0.4) is 0 Å². The predicted molar refractivity (Wildman–Crippen MR) is 78.7 cm³/mol. The van der Waals surface area contributed by atoms with E-state index in [2.05, 4.69) is 17.2 Å². The zero-order chi connectivity index (χ0) is 15.2. The molecule has 1 aliphatic rings. The Labute approximate surface area is 124 Å². The first-order valence-corrected chi connectivity index (χ1v) is 6.88. The Balaban J connectivity index is 2.15. The molecule has 0 atom stereocenters. The monoisotopic (exact) mass is 286 g/mol. The Hall–Kier alpha value is -2.32. The molecule has 1 aliphatic heterocycles. The summed E-state index contributed by atoms with van der Waals surface area (Å²) in [5, 5.41) is 11.5. The van der Waals surface area contributed by atoms with E-state index in [1.165, 1.54) is 0 Å². The van der Waals surface area contributed by atoms with E-state index in [4.69, 9.17) is 5.11 Å². The molecule has 21 heavy (non-hydrogen) atoms. The van der Waals surface area contributed by atoms with Crippen molar-refractivity contribution < 1.29 is 14.7 Å². The number of benzene rings is 1. The third-order valence-corrected chi connectivity index (χ3v) is 3.38. The largest absolute Gasteiger partial charge is 0.384 e. The second-order valence-corrected chi connectivity index (χ2v) is 4.88. The Morgan fingerprint density at radius 2 is 2.24 bits per heavy atom. The third kappa shape index (κ3) is 3.83. The summed E-state index contributed by atoms with van der Waals surface area (Å²) < 4.78 is 0. The minimum absolute atomic E-state index is 0.0175. The molecule has 0 unspecified atom stereocenters. The van der Waals surface area contributed by atoms with Crippen LogP contribution in [0.4, 0.5) is 0 Å². The van der Waals surface area contributed by atoms with Crippen LogP contribution in [-0.4, -0.2) is 48.1 Å². The van der Waals surface area contributed by atoms with E-state index < -0.39 is 0 Å². The molecule has 0 radical (unpaired) electrons. The first-order chi connectivity index (χ1) is 10.1. The van der Waals surface area contributed by atoms with Crippen molar-refractivity contribution >= 4 is 11.8 Å². The summed E-state index contributed by atoms with van der Waals surface area (Å²) in [6.07, 6.45) is 0.338. The molecule has 1 aromatic carbocycles. The highest BCUT2D eigenvalue weighted by molar-refractivity contribution is 5.95. The summed E-state index contributed by atoms with van der Waals surface area (Å²) in [6.45, 7) is 3.15. The van der Waals surface area contributed by atoms with Gasteiger partial charge in [0, 0.05) is 37.2 Å². The number of aliphatic hydroxyl groups excluding tert-OH is 1. The van der Waals surface area contributed by atoms with Gasteiger partial charge in [-0.2, -0.15) is 0 Å². The average Bonchev–Trinajstić information content (AvgIpc) is 2.70. The number of aryl methyl sites for hydroxylation is 1. The highest BCUT2D eigenvalue weighted by atomic mass is 16.2. The third-order valence-electron chi connectivity index (χ3n) is 3.38. The molecule has 110 valence electrons. The maximum atomic E-state index is 12.4. The van der Waals surface area contributed by atoms with E-state index in [0.717, 1.165) is 11.1 Å². The lowest BCUT2D eigenvalue weighted by Gasteiger charge is -2.19. The van der Waals surface area contributed by atoms with Gasteiger partial charge in [0.2, 0.25) is 5.91 Å². The maximum Gasteiger partial charge on any atom is 0.253 e. The number of rotatable bonds is 1. The molecule has 5 nitrogen and oxygen atoms in total. The molecule has 1 fully saturated rings. The smallest absolute Gasteiger partial charge is 0.253 e. The van der Waals surface area contributed by atoms with E-state index in [1.807, 2.05) is 6.92 Å². The normalized spacial score (nSPS) is 14.8. The van der Waals surface area contributed by atoms with Gasteiger partial charge in [0.25, 0.3) is 5.91 Å². The topological polar surface area (TPSA) is 69.6 Å². The lowest BCUT2D eigenvalue weighted by Crippen LogP contribution is -2.34. The van der Waals surface area contributed by atoms with Crippen molar-refractivity contribution in [3.05, 3.63) is 34.9 Å². The van der Waals surface area contributed by atoms with Crippen LogP contribution >= 0.6 is 0 Å². The van der Waals surface area contributed by atoms with Crippen molar-refractivity contribution in [2.24, 2.45) is 0 Å². The van der Waals surface area contributed by atoms with E-state index in [9.17, 15) is 9.59 Å². The van der Waals surface area contributed by atoms with Crippen LogP contribution in [-0.2, 0) is 4.79 Å². The Kier molecular flexibility index (Phi) is 4.96. The number of carbonyl (C=O) groups is 2. The van der Waals surface area contributed by atoms with E-state index in [0.29, 0.717) is 31.6 Å². The van der Waals surface area contributed by atoms with Crippen LogP contribution in [0.1, 0.15) is 27.9 Å². The van der Waals surface area contributed by atoms with E-state index in [-0.39, 0.29) is 18.4 Å². The molecule has 2 rings (SSSR count). The Bertz CT molecular complexity index is 614. The van der Waals surface area contributed by atoms with Gasteiger partial charge in [0.05, 0.1) is 0 Å². The molecule has 0 spiro atoms. The average molecular weight is 286 g/mol. The first-order valence-electron chi connectivity index (χ1n) is 6.88. The summed E-state index contributed by atoms with van der Waals surface area (Å²) in [5.41, 5.74) is 2.29. The zero-order valence-corrected chi connectivity index (χ0v) is 12.0. The number of nitrogens with one attached hydrogen (secondary N) is 1. The molecule has 5 heteroatoms. The molecule has 1 heterocycles. The van der Waals surface area contributed by atoms with E-state index >= 15 is 0 Å². The van der Waals surface area contributed by atoms with Gasteiger partial charge < -0.3 is 15.3 Å². The Morgan fingerprint density at radius 3 is 2.95 bits per heavy atom. The van der Waals surface area contributed by atoms with Crippen molar-refractivity contribution in [2.75, 3.05) is 26.2 Å². The summed E-state index contributed by atoms with van der Waals surface area (Å²) in [4.78, 5) is 25.4. The van der Waals surface area contributed by atoms with Gasteiger partial charge in [-0.25, -0.2) is 0 Å². The van der Waals surface area contributed by atoms with E-state index in [1.54, 1.807) is 23.1 Å². The first kappa shape index (κ1) is 15.1. The summed E-state index contributed by atoms with van der Waals surface area (Å²) in [6, 6.07) is 5.31. The molecule has 1 saturated heterocycles. The number of hydrogen-bond acceptors (Lipinski definition) is 3. The van der Waals surface area contributed by atoms with Gasteiger partial charge in [0.15, 0.2) is 0 Å². The quantitative estimate of drug-likeness (QED) is 0.730. The van der Waals surface area contributed by atoms with Crippen LogP contribution in [0.2, 0.25) is 0 Å². The lowest BCUT2D eigenvalue weighted by molar-refractivity contribution is -0.120. The highest BCUT2D eigenvalue weighted by Crippen LogP contribution is 2.13. The fourth-order valence-corrected chi connectivity index (χ4v) is 2.22. The predicted octanol–water partition coefficient (Wildman–Crippen LogP) is 0.301. The minimum Gasteiger partial charge on any atom is -0.384 e. The molecule has 0 aromatic heterocycles. The second-order valence-electron chi connectivity index (χ2n) is 4.88. The van der Waals surface area contributed by atoms with Gasteiger partial charge in [-0.1, -0.05) is 11.8 Å². The van der Waals surface area contributed by atoms with Crippen molar-refractivity contribution in [3.8, 4) is 11.8 Å². The minimum atomic E-state index is -0.186. The number of hydrogen-bond donors (Lipinski definition) is 2. The fourth-order valence-electron chi connectivity index (χ4n) is 2.22. The molecular formula is C16H18N2O3. The van der Waals surface area contributed by atoms with Gasteiger partial charge in [-0.3, -0.25) is 9.59 Å². The molecule has 1 aromatic rings. The molecule has 2 N–H and O–H groups in total. The maximum absolute atomic E-state index is 12.4. The summed E-state index contributed by atoms with van der Waals surface area (Å²) >= 11 is 0. The van der Waals surface area contributed by atoms with Crippen LogP contribution in [0.15, 0.2) is 18.2 Å². The van der Waals surface area contributed by atoms with Crippen molar-refractivity contribution in [1.82, 2.24) is 10.2 Å². The number of carbonyl (C=O) groups excluding carboxylic acids is 2. The molecular weight excluding hydrogens is 268 g/mol. The van der Waals surface area contributed by atoms with Crippen molar-refractivity contribution in [2.45, 2.75) is 13.3 Å². The number of aliphatic hydroxyl groups is 1. The van der Waals surface area contributed by atoms with Gasteiger partial charge >= 0.3 is 0 Å². The molecule has 0 aliphatic carbocycles. The van der Waals surface area contributed by atoms with Crippen molar-refractivity contribution in [1.29, 1.82) is 0 Å². The number of nitrogens with zero attached hydrogens (tertiary/aromatic N) is 1. The summed E-state index contributed by atoms with van der Waals surface area (Å²) in [7, 11) is 0. The van der Waals surface area contributed by atoms with Crippen molar-refractivity contribution in [3.63, 3.8) is 0 Å². The standard InChI is InChI=1S/C16H18N2O3/c1-12-11-14(5-4-13(12)3-2-10-19)16(21)18-8-6-15(20)17-7-9-18/h4-5,11,19H,6-10H2,1H3,(H,17,20). The second kappa shape index (κ2) is 6.91. The highest BCUT2D eigenvalue weighted by Gasteiger charge is 2.19. The van der Waals surface area contributed by atoms with Gasteiger partial charge in [-0.15, -0.1) is 0 Å². The SMILES string of the molecule is Cc1cc(C(=O)N2CCNC(=O)CC2)ccc1C#CCO. The molecule has 2 amide bonds. The van der Waals surface area contributed by atoms with Gasteiger partial charge in [0.1, 0.15) is 6.61 Å². The van der Waals surface area contributed by atoms with Crippen LogP contribution in [0.5, 0.6) is 0 Å². The Morgan fingerprint density at radius 1 is 1.43 bits per heavy atom. The fraction of sp³-hybridized carbons (Fsp3) is 0.375. The zero-order valence-electron chi connectivity index (χ0n) is 12.0. The van der Waals surface area contributed by atoms with Gasteiger partial charge in [-0.05, 0) is 30.7 Å². The molecule has 0 saturated carbocycles. The lowest BCUT2D eigenvalue weighted by atomic mass is 10.0. The van der Waals surface area contributed by atoms with Crippen LogP contribution in [0.25, 0.3) is 0 Å². The van der Waals surface area contributed by atoms with Crippen LogP contribution < -0.4 is 5.32 Å². The summed E-state index contributed by atoms with van der Waals surface area (Å²) in [5.74, 6) is 5.35. The molecule has 0 bridgehead atoms. The van der Waals surface area contributed by atoms with Crippen LogP contribution in [0, 0.1) is 18.8 Å².